The normalized spacial score (nSPS) is 12.4. The van der Waals surface area contributed by atoms with Crippen LogP contribution in [-0.4, -0.2) is 36.9 Å². The van der Waals surface area contributed by atoms with Crippen LogP contribution < -0.4 is 5.32 Å². The number of pyridine rings is 1. The molecule has 0 spiro atoms. The lowest BCUT2D eigenvalue weighted by molar-refractivity contribution is 0.0938. The van der Waals surface area contributed by atoms with Gasteiger partial charge in [0.25, 0.3) is 11.8 Å². The highest BCUT2D eigenvalue weighted by atomic mass is 16.5. The number of nitrogens with zero attached hydrogens (tertiary/aromatic N) is 5. The summed E-state index contributed by atoms with van der Waals surface area (Å²) in [5.74, 6) is 1.72. The van der Waals surface area contributed by atoms with Crippen LogP contribution in [0.1, 0.15) is 61.9 Å². The average Bonchev–Trinajstić information content (AvgIpc) is 3.29. The van der Waals surface area contributed by atoms with E-state index in [1.54, 1.807) is 23.1 Å². The van der Waals surface area contributed by atoms with Crippen molar-refractivity contribution in [1.29, 1.82) is 0 Å². The van der Waals surface area contributed by atoms with E-state index in [1.165, 1.54) is 0 Å². The third-order valence-electron chi connectivity index (χ3n) is 4.41. The quantitative estimate of drug-likeness (QED) is 0.717. The second-order valence-electron chi connectivity index (χ2n) is 6.85. The first-order valence-corrected chi connectivity index (χ1v) is 9.06. The Kier molecular flexibility index (Phi) is 5.34. The summed E-state index contributed by atoms with van der Waals surface area (Å²) in [4.78, 5) is 21.2. The van der Waals surface area contributed by atoms with Crippen molar-refractivity contribution in [2.45, 2.75) is 53.0 Å². The Balaban J connectivity index is 1.90. The highest BCUT2D eigenvalue weighted by Crippen LogP contribution is 2.22. The molecule has 0 fully saturated rings. The van der Waals surface area contributed by atoms with E-state index in [4.69, 9.17) is 4.52 Å². The number of hydrogen-bond acceptors (Lipinski definition) is 6. The topological polar surface area (TPSA) is 98.7 Å². The van der Waals surface area contributed by atoms with Gasteiger partial charge in [-0.1, -0.05) is 25.9 Å². The molecule has 142 valence electrons. The van der Waals surface area contributed by atoms with Gasteiger partial charge in [0.15, 0.2) is 11.6 Å². The van der Waals surface area contributed by atoms with Crippen LogP contribution >= 0.6 is 0 Å². The highest BCUT2D eigenvalue weighted by Gasteiger charge is 2.18. The van der Waals surface area contributed by atoms with E-state index in [-0.39, 0.29) is 17.9 Å². The van der Waals surface area contributed by atoms with Crippen LogP contribution in [-0.2, 0) is 0 Å². The van der Waals surface area contributed by atoms with E-state index in [0.717, 1.165) is 12.0 Å². The number of nitrogens with one attached hydrogen (secondary N) is 1. The van der Waals surface area contributed by atoms with E-state index in [9.17, 15) is 4.79 Å². The zero-order valence-corrected chi connectivity index (χ0v) is 16.2. The minimum absolute atomic E-state index is 0.106. The van der Waals surface area contributed by atoms with Crippen molar-refractivity contribution in [3.05, 3.63) is 41.6 Å². The van der Waals surface area contributed by atoms with Crippen molar-refractivity contribution >= 4 is 5.91 Å². The van der Waals surface area contributed by atoms with E-state index in [1.807, 2.05) is 40.7 Å². The molecular formula is C19H24N6O2. The van der Waals surface area contributed by atoms with Gasteiger partial charge in [-0.3, -0.25) is 4.79 Å². The number of hydrogen-bond donors (Lipinski definition) is 1. The van der Waals surface area contributed by atoms with E-state index in [2.05, 4.69) is 25.5 Å². The van der Waals surface area contributed by atoms with Gasteiger partial charge in [-0.15, -0.1) is 0 Å². The van der Waals surface area contributed by atoms with Gasteiger partial charge in [-0.05, 0) is 32.4 Å². The molecule has 0 aliphatic rings. The maximum Gasteiger partial charge on any atom is 0.258 e. The second kappa shape index (κ2) is 7.69. The lowest BCUT2D eigenvalue weighted by Crippen LogP contribution is -2.32. The Bertz CT molecular complexity index is 943. The second-order valence-corrected chi connectivity index (χ2v) is 6.85. The van der Waals surface area contributed by atoms with Crippen LogP contribution in [0.25, 0.3) is 17.3 Å². The van der Waals surface area contributed by atoms with Gasteiger partial charge < -0.3 is 9.84 Å². The Morgan fingerprint density at radius 3 is 2.78 bits per heavy atom. The molecular weight excluding hydrogens is 344 g/mol. The first-order valence-electron chi connectivity index (χ1n) is 9.06. The van der Waals surface area contributed by atoms with Crippen LogP contribution in [0.3, 0.4) is 0 Å². The number of rotatable bonds is 6. The van der Waals surface area contributed by atoms with E-state index < -0.39 is 0 Å². The molecule has 3 rings (SSSR count). The number of aromatic nitrogens is 5. The van der Waals surface area contributed by atoms with Crippen LogP contribution in [0.5, 0.6) is 0 Å². The summed E-state index contributed by atoms with van der Waals surface area (Å²) in [6, 6.07) is 3.72. The molecule has 0 aliphatic carbocycles. The molecule has 1 atom stereocenters. The van der Waals surface area contributed by atoms with Crippen molar-refractivity contribution in [2.24, 2.45) is 0 Å². The molecule has 8 nitrogen and oxygen atoms in total. The Hall–Kier alpha value is -3.03. The van der Waals surface area contributed by atoms with Gasteiger partial charge in [-0.2, -0.15) is 10.1 Å². The molecule has 1 N–H and O–H groups in total. The Labute approximate surface area is 158 Å². The maximum atomic E-state index is 12.4. The predicted octanol–water partition coefficient (Wildman–Crippen LogP) is 3.28. The molecule has 8 heteroatoms. The average molecular weight is 368 g/mol. The fourth-order valence-corrected chi connectivity index (χ4v) is 2.52. The molecule has 1 unspecified atom stereocenters. The lowest BCUT2D eigenvalue weighted by atomic mass is 10.2. The summed E-state index contributed by atoms with van der Waals surface area (Å²) in [5, 5.41) is 11.3. The van der Waals surface area contributed by atoms with Gasteiger partial charge in [0.1, 0.15) is 0 Å². The van der Waals surface area contributed by atoms with Crippen LogP contribution in [0.4, 0.5) is 0 Å². The highest BCUT2D eigenvalue weighted by molar-refractivity contribution is 5.95. The summed E-state index contributed by atoms with van der Waals surface area (Å²) >= 11 is 0. The minimum atomic E-state index is -0.136. The molecule has 0 aromatic carbocycles. The summed E-state index contributed by atoms with van der Waals surface area (Å²) in [7, 11) is 0. The molecule has 1 amide bonds. The van der Waals surface area contributed by atoms with Gasteiger partial charge >= 0.3 is 0 Å². The number of amides is 1. The van der Waals surface area contributed by atoms with Crippen molar-refractivity contribution in [3.63, 3.8) is 0 Å². The van der Waals surface area contributed by atoms with Crippen molar-refractivity contribution < 1.29 is 9.32 Å². The lowest BCUT2D eigenvalue weighted by Gasteiger charge is -2.11. The van der Waals surface area contributed by atoms with Crippen molar-refractivity contribution in [1.82, 2.24) is 30.2 Å². The number of carbonyl (C=O) groups is 1. The molecule has 0 aliphatic heterocycles. The zero-order valence-electron chi connectivity index (χ0n) is 16.2. The summed E-state index contributed by atoms with van der Waals surface area (Å²) < 4.78 is 6.98. The van der Waals surface area contributed by atoms with E-state index >= 15 is 0 Å². The van der Waals surface area contributed by atoms with Crippen molar-refractivity contribution in [3.8, 4) is 17.3 Å². The summed E-state index contributed by atoms with van der Waals surface area (Å²) in [5.41, 5.74) is 2.00. The maximum absolute atomic E-state index is 12.4. The Morgan fingerprint density at radius 1 is 1.33 bits per heavy atom. The molecule has 3 aromatic heterocycles. The first kappa shape index (κ1) is 18.8. The van der Waals surface area contributed by atoms with Gasteiger partial charge in [0.2, 0.25) is 0 Å². The van der Waals surface area contributed by atoms with Crippen LogP contribution in [0.15, 0.2) is 29.0 Å². The summed E-state index contributed by atoms with van der Waals surface area (Å²) in [6.07, 6.45) is 4.08. The molecule has 3 aromatic rings. The number of carbonyl (C=O) groups excluding carboxylic acids is 1. The fourth-order valence-electron chi connectivity index (χ4n) is 2.52. The molecule has 0 radical (unpaired) electrons. The predicted molar refractivity (Wildman–Crippen MR) is 101 cm³/mol. The van der Waals surface area contributed by atoms with Gasteiger partial charge in [-0.25, -0.2) is 9.67 Å². The zero-order chi connectivity index (χ0) is 19.6. The third kappa shape index (κ3) is 3.89. The third-order valence-corrected chi connectivity index (χ3v) is 4.41. The molecule has 27 heavy (non-hydrogen) atoms. The standard InChI is InChI=1S/C19H24N6O2/c1-6-12(4)22-18(26)15-10-21-25(13(15)5)16-9-14(7-8-20-16)19-23-17(11(2)3)24-27-19/h7-12H,6H2,1-5H3,(H,22,26). The smallest absolute Gasteiger partial charge is 0.258 e. The minimum Gasteiger partial charge on any atom is -0.349 e. The van der Waals surface area contributed by atoms with E-state index in [0.29, 0.717) is 28.8 Å². The van der Waals surface area contributed by atoms with Crippen LogP contribution in [0.2, 0.25) is 0 Å². The molecule has 0 bridgehead atoms. The van der Waals surface area contributed by atoms with Crippen LogP contribution in [0, 0.1) is 6.92 Å². The summed E-state index contributed by atoms with van der Waals surface area (Å²) in [6.45, 7) is 9.85. The van der Waals surface area contributed by atoms with Gasteiger partial charge in [0, 0.05) is 23.7 Å². The Morgan fingerprint density at radius 2 is 2.11 bits per heavy atom. The van der Waals surface area contributed by atoms with Gasteiger partial charge in [0.05, 0.1) is 17.5 Å². The first-order chi connectivity index (χ1) is 12.9. The largest absolute Gasteiger partial charge is 0.349 e. The molecule has 0 saturated carbocycles. The molecule has 3 heterocycles. The molecule has 0 saturated heterocycles. The van der Waals surface area contributed by atoms with Crippen molar-refractivity contribution in [2.75, 3.05) is 0 Å². The SMILES string of the molecule is CCC(C)NC(=O)c1cnn(-c2cc(-c3nc(C(C)C)no3)ccn2)c1C. The fraction of sp³-hybridized carbons (Fsp3) is 0.421. The monoisotopic (exact) mass is 368 g/mol.